The second-order valence-electron chi connectivity index (χ2n) is 11.4. The number of para-hydroxylation sites is 4. The molecule has 0 radical (unpaired) electrons. The largest absolute Gasteiger partial charge is 0.456 e. The summed E-state index contributed by atoms with van der Waals surface area (Å²) in [4.78, 5) is 4.52. The third-order valence-corrected chi connectivity index (χ3v) is 8.62. The molecule has 2 aromatic heterocycles. The van der Waals surface area contributed by atoms with Crippen LogP contribution in [0.4, 0.5) is 34.1 Å². The Hall–Kier alpha value is -6.26. The maximum atomic E-state index is 6.51. The van der Waals surface area contributed by atoms with E-state index in [-0.39, 0.29) is 0 Å². The Bertz CT molecular complexity index is 2440. The quantitative estimate of drug-likeness (QED) is 0.192. The van der Waals surface area contributed by atoms with Gasteiger partial charge < -0.3 is 18.6 Å². The van der Waals surface area contributed by atoms with Gasteiger partial charge in [0.15, 0.2) is 0 Å². The van der Waals surface area contributed by atoms with Crippen LogP contribution in [0.25, 0.3) is 43.9 Å². The fraction of sp³-hybridized carbons (Fsp3) is 0. The molecular weight excluding hydrogens is 564 g/mol. The van der Waals surface area contributed by atoms with Crippen molar-refractivity contribution in [1.82, 2.24) is 0 Å². The summed E-state index contributed by atoms with van der Waals surface area (Å²) < 4.78 is 12.8. The van der Waals surface area contributed by atoms with Crippen molar-refractivity contribution in [3.05, 3.63) is 170 Å². The van der Waals surface area contributed by atoms with Crippen LogP contribution in [0.15, 0.2) is 179 Å². The van der Waals surface area contributed by atoms with Crippen LogP contribution in [0, 0.1) is 0 Å². The zero-order chi connectivity index (χ0) is 30.5. The van der Waals surface area contributed by atoms with Gasteiger partial charge in [0.1, 0.15) is 22.3 Å². The first-order valence-corrected chi connectivity index (χ1v) is 15.4. The molecular formula is C42H28N2O2. The molecule has 4 heteroatoms. The van der Waals surface area contributed by atoms with E-state index in [2.05, 4.69) is 143 Å². The number of furan rings is 2. The summed E-state index contributed by atoms with van der Waals surface area (Å²) >= 11 is 0. The van der Waals surface area contributed by atoms with E-state index in [4.69, 9.17) is 8.83 Å². The molecule has 0 fully saturated rings. The molecule has 218 valence electrons. The standard InChI is InChI=1S/C42H28N2O2/c1-4-12-29(13-5-1)43(30-14-6-2-7-15-30)32-22-25-40-38(26-32)37-24-21-34(28-42(37)46-40)44(31-16-8-3-9-17-31)33-20-23-36-35-18-10-11-19-39(35)45-41(36)27-33/h1-28H. The van der Waals surface area contributed by atoms with Crippen LogP contribution in [0.5, 0.6) is 0 Å². The first kappa shape index (κ1) is 26.2. The predicted molar refractivity (Wildman–Crippen MR) is 190 cm³/mol. The molecule has 9 rings (SSSR count). The van der Waals surface area contributed by atoms with Crippen molar-refractivity contribution < 1.29 is 8.83 Å². The van der Waals surface area contributed by atoms with Gasteiger partial charge in [0.2, 0.25) is 0 Å². The van der Waals surface area contributed by atoms with Crippen LogP contribution >= 0.6 is 0 Å². The highest BCUT2D eigenvalue weighted by molar-refractivity contribution is 6.08. The number of rotatable bonds is 6. The molecule has 7 aromatic carbocycles. The molecule has 0 atom stereocenters. The van der Waals surface area contributed by atoms with Gasteiger partial charge in [-0.25, -0.2) is 0 Å². The summed E-state index contributed by atoms with van der Waals surface area (Å²) in [7, 11) is 0. The van der Waals surface area contributed by atoms with Crippen molar-refractivity contribution >= 4 is 78.0 Å². The SMILES string of the molecule is c1ccc(N(c2ccc3c(c2)oc2ccccc23)c2ccc3c(c2)oc2ccc(N(c4ccccc4)c4ccccc4)cc23)cc1. The van der Waals surface area contributed by atoms with Crippen molar-refractivity contribution in [3.8, 4) is 0 Å². The van der Waals surface area contributed by atoms with Crippen molar-refractivity contribution in [3.63, 3.8) is 0 Å². The minimum absolute atomic E-state index is 0.835. The Balaban J connectivity index is 1.17. The monoisotopic (exact) mass is 592 g/mol. The number of fused-ring (bicyclic) bond motifs is 6. The predicted octanol–water partition coefficient (Wildman–Crippen LogP) is 12.4. The Morgan fingerprint density at radius 3 is 1.22 bits per heavy atom. The molecule has 0 aliphatic heterocycles. The summed E-state index contributed by atoms with van der Waals surface area (Å²) in [6.45, 7) is 0. The van der Waals surface area contributed by atoms with E-state index in [1.165, 1.54) is 0 Å². The molecule has 0 spiro atoms. The van der Waals surface area contributed by atoms with Gasteiger partial charge in [0.05, 0.1) is 0 Å². The Kier molecular flexibility index (Phi) is 6.10. The molecule has 9 aromatic rings. The van der Waals surface area contributed by atoms with Gasteiger partial charge in [0, 0.05) is 67.8 Å². The molecule has 0 unspecified atom stereocenters. The first-order valence-electron chi connectivity index (χ1n) is 15.4. The van der Waals surface area contributed by atoms with Gasteiger partial charge in [-0.15, -0.1) is 0 Å². The van der Waals surface area contributed by atoms with Crippen molar-refractivity contribution in [2.24, 2.45) is 0 Å². The van der Waals surface area contributed by atoms with Gasteiger partial charge in [0.25, 0.3) is 0 Å². The molecule has 0 bridgehead atoms. The van der Waals surface area contributed by atoms with E-state index >= 15 is 0 Å². The fourth-order valence-corrected chi connectivity index (χ4v) is 6.51. The molecule has 0 amide bonds. The molecule has 2 heterocycles. The van der Waals surface area contributed by atoms with Gasteiger partial charge in [-0.3, -0.25) is 0 Å². The van der Waals surface area contributed by atoms with Crippen LogP contribution in [-0.4, -0.2) is 0 Å². The van der Waals surface area contributed by atoms with Crippen molar-refractivity contribution in [2.45, 2.75) is 0 Å². The first-order chi connectivity index (χ1) is 22.8. The Morgan fingerprint density at radius 2 is 0.652 bits per heavy atom. The third kappa shape index (κ3) is 4.39. The minimum Gasteiger partial charge on any atom is -0.456 e. The topological polar surface area (TPSA) is 32.8 Å². The number of nitrogens with zero attached hydrogens (tertiary/aromatic N) is 2. The summed E-state index contributed by atoms with van der Waals surface area (Å²) in [5.74, 6) is 0. The second kappa shape index (κ2) is 10.7. The summed E-state index contributed by atoms with van der Waals surface area (Å²) in [6, 6.07) is 58.9. The highest BCUT2D eigenvalue weighted by Gasteiger charge is 2.19. The minimum atomic E-state index is 0.835. The molecule has 0 saturated carbocycles. The summed E-state index contributed by atoms with van der Waals surface area (Å²) in [6.07, 6.45) is 0. The molecule has 0 aliphatic rings. The van der Waals surface area contributed by atoms with E-state index < -0.39 is 0 Å². The highest BCUT2D eigenvalue weighted by atomic mass is 16.3. The van der Waals surface area contributed by atoms with Crippen LogP contribution in [0.1, 0.15) is 0 Å². The average molecular weight is 593 g/mol. The van der Waals surface area contributed by atoms with Gasteiger partial charge >= 0.3 is 0 Å². The lowest BCUT2D eigenvalue weighted by molar-refractivity contribution is 0.669. The molecule has 0 N–H and O–H groups in total. The van der Waals surface area contributed by atoms with Gasteiger partial charge in [-0.05, 0) is 84.9 Å². The maximum Gasteiger partial charge on any atom is 0.137 e. The summed E-state index contributed by atoms with van der Waals surface area (Å²) in [5, 5.41) is 4.38. The van der Waals surface area contributed by atoms with Crippen LogP contribution in [0.3, 0.4) is 0 Å². The Morgan fingerprint density at radius 1 is 0.261 bits per heavy atom. The van der Waals surface area contributed by atoms with E-state index in [0.717, 1.165) is 78.0 Å². The average Bonchev–Trinajstić information content (AvgIpc) is 3.67. The third-order valence-electron chi connectivity index (χ3n) is 8.62. The Labute approximate surface area is 265 Å². The molecule has 0 saturated heterocycles. The van der Waals surface area contributed by atoms with Crippen LogP contribution in [0.2, 0.25) is 0 Å². The zero-order valence-electron chi connectivity index (χ0n) is 24.9. The van der Waals surface area contributed by atoms with Crippen molar-refractivity contribution in [2.75, 3.05) is 9.80 Å². The lowest BCUT2D eigenvalue weighted by Crippen LogP contribution is -2.09. The number of benzene rings is 7. The second-order valence-corrected chi connectivity index (χ2v) is 11.4. The number of hydrogen-bond acceptors (Lipinski definition) is 4. The van der Waals surface area contributed by atoms with E-state index in [1.807, 2.05) is 36.4 Å². The molecule has 0 aliphatic carbocycles. The van der Waals surface area contributed by atoms with Crippen molar-refractivity contribution in [1.29, 1.82) is 0 Å². The number of hydrogen-bond donors (Lipinski definition) is 0. The van der Waals surface area contributed by atoms with Gasteiger partial charge in [-0.1, -0.05) is 72.8 Å². The van der Waals surface area contributed by atoms with Crippen LogP contribution in [-0.2, 0) is 0 Å². The van der Waals surface area contributed by atoms with Crippen LogP contribution < -0.4 is 9.80 Å². The lowest BCUT2D eigenvalue weighted by atomic mass is 10.1. The maximum absolute atomic E-state index is 6.51. The summed E-state index contributed by atoms with van der Waals surface area (Å²) in [5.41, 5.74) is 9.78. The van der Waals surface area contributed by atoms with E-state index in [0.29, 0.717) is 0 Å². The zero-order valence-corrected chi connectivity index (χ0v) is 24.9. The highest BCUT2D eigenvalue weighted by Crippen LogP contribution is 2.42. The molecule has 4 nitrogen and oxygen atoms in total. The number of anilines is 6. The van der Waals surface area contributed by atoms with E-state index in [1.54, 1.807) is 0 Å². The molecule has 46 heavy (non-hydrogen) atoms. The normalized spacial score (nSPS) is 11.5. The fourth-order valence-electron chi connectivity index (χ4n) is 6.51. The van der Waals surface area contributed by atoms with Gasteiger partial charge in [-0.2, -0.15) is 0 Å². The van der Waals surface area contributed by atoms with E-state index in [9.17, 15) is 0 Å². The lowest BCUT2D eigenvalue weighted by Gasteiger charge is -2.25. The smallest absolute Gasteiger partial charge is 0.137 e.